The van der Waals surface area contributed by atoms with Crippen LogP contribution in [-0.2, 0) is 14.3 Å². The van der Waals surface area contributed by atoms with Crippen molar-refractivity contribution in [1.82, 2.24) is 4.90 Å². The van der Waals surface area contributed by atoms with E-state index >= 15 is 0 Å². The van der Waals surface area contributed by atoms with E-state index in [-0.39, 0.29) is 17.5 Å². The number of hydrogen-bond donors (Lipinski definition) is 0. The summed E-state index contributed by atoms with van der Waals surface area (Å²) in [6.45, 7) is 6.11. The molecule has 0 spiro atoms. The Morgan fingerprint density at radius 2 is 1.81 bits per heavy atom. The fourth-order valence-corrected chi connectivity index (χ4v) is 3.76. The molecule has 0 aromatic heterocycles. The Labute approximate surface area is 182 Å². The number of allylic oxidation sites excluding steroid dienone is 1. The molecule has 0 saturated heterocycles. The van der Waals surface area contributed by atoms with Gasteiger partial charge in [0.2, 0.25) is 0 Å². The first-order valence-electron chi connectivity index (χ1n) is 10.1. The predicted octanol–water partition coefficient (Wildman–Crippen LogP) is 4.53. The van der Waals surface area contributed by atoms with E-state index in [0.29, 0.717) is 34.9 Å². The second-order valence-electron chi connectivity index (χ2n) is 7.12. The minimum atomic E-state index is -0.544. The molecule has 0 N–H and O–H groups in total. The van der Waals surface area contributed by atoms with E-state index in [1.54, 1.807) is 37.1 Å². The second kappa shape index (κ2) is 9.51. The molecule has 2 aromatic carbocycles. The second-order valence-corrected chi connectivity index (χ2v) is 7.12. The van der Waals surface area contributed by atoms with Crippen LogP contribution in [0.4, 0.5) is 0 Å². The molecule has 0 radical (unpaired) electrons. The molecule has 2 aromatic rings. The number of carbonyl (C=O) groups excluding carboxylic acids is 2. The molecular weight excluding hydrogens is 394 g/mol. The van der Waals surface area contributed by atoms with Crippen LogP contribution in [0.1, 0.15) is 37.9 Å². The van der Waals surface area contributed by atoms with Crippen LogP contribution in [0.5, 0.6) is 11.5 Å². The van der Waals surface area contributed by atoms with E-state index in [4.69, 9.17) is 14.2 Å². The highest BCUT2D eigenvalue weighted by atomic mass is 16.5. The van der Waals surface area contributed by atoms with Crippen molar-refractivity contribution in [1.29, 1.82) is 0 Å². The van der Waals surface area contributed by atoms with Gasteiger partial charge in [-0.05, 0) is 50.1 Å². The number of esters is 1. The normalized spacial score (nSPS) is 16.0. The highest BCUT2D eigenvalue weighted by Gasteiger charge is 2.39. The molecule has 1 atom stereocenters. The lowest BCUT2D eigenvalue weighted by molar-refractivity contribution is -0.136. The zero-order valence-electron chi connectivity index (χ0n) is 18.5. The number of benzene rings is 2. The van der Waals surface area contributed by atoms with Crippen LogP contribution in [0.15, 0.2) is 65.4 Å². The molecule has 1 aliphatic rings. The zero-order valence-corrected chi connectivity index (χ0v) is 18.5. The van der Waals surface area contributed by atoms with E-state index in [1.807, 2.05) is 50.2 Å². The van der Waals surface area contributed by atoms with Crippen molar-refractivity contribution >= 4 is 18.0 Å². The molecule has 0 aliphatic carbocycles. The molecule has 0 bridgehead atoms. The predicted molar refractivity (Wildman–Crippen MR) is 119 cm³/mol. The van der Waals surface area contributed by atoms with Gasteiger partial charge in [-0.2, -0.15) is 0 Å². The summed E-state index contributed by atoms with van der Waals surface area (Å²) < 4.78 is 16.0. The molecule has 31 heavy (non-hydrogen) atoms. The monoisotopic (exact) mass is 421 g/mol. The fraction of sp³-hybridized carbons (Fsp3) is 0.280. The summed E-state index contributed by atoms with van der Waals surface area (Å²) in [6.07, 6.45) is 1.69. The maximum absolute atomic E-state index is 13.4. The van der Waals surface area contributed by atoms with Crippen LogP contribution in [0.25, 0.3) is 6.08 Å². The lowest BCUT2D eigenvalue weighted by atomic mass is 10.0. The Bertz CT molecular complexity index is 1040. The zero-order chi connectivity index (χ0) is 22.5. The molecule has 6 nitrogen and oxygen atoms in total. The van der Waals surface area contributed by atoms with Gasteiger partial charge in [0.25, 0.3) is 5.91 Å². The molecule has 0 unspecified atom stereocenters. The Kier molecular flexibility index (Phi) is 6.80. The SMILES string of the molecule is CCOc1ccc(/C=C2\C(=O)N([C@H](C)c3ccccc3)C(C)=C2C(=O)OC)cc1OC. The number of rotatable bonds is 7. The van der Waals surface area contributed by atoms with Crippen LogP contribution in [0.2, 0.25) is 0 Å². The summed E-state index contributed by atoms with van der Waals surface area (Å²) >= 11 is 0. The van der Waals surface area contributed by atoms with Crippen molar-refractivity contribution in [2.45, 2.75) is 26.8 Å². The topological polar surface area (TPSA) is 65.1 Å². The minimum Gasteiger partial charge on any atom is -0.493 e. The first-order valence-corrected chi connectivity index (χ1v) is 10.1. The minimum absolute atomic E-state index is 0.242. The van der Waals surface area contributed by atoms with Crippen molar-refractivity contribution in [2.75, 3.05) is 20.8 Å². The Morgan fingerprint density at radius 3 is 2.42 bits per heavy atom. The van der Waals surface area contributed by atoms with Gasteiger partial charge >= 0.3 is 5.97 Å². The molecule has 6 heteroatoms. The number of amides is 1. The third-order valence-electron chi connectivity index (χ3n) is 5.30. The van der Waals surface area contributed by atoms with Gasteiger partial charge in [0.15, 0.2) is 11.5 Å². The van der Waals surface area contributed by atoms with Gasteiger partial charge in [0, 0.05) is 5.70 Å². The smallest absolute Gasteiger partial charge is 0.340 e. The number of hydrogen-bond acceptors (Lipinski definition) is 5. The van der Waals surface area contributed by atoms with Crippen molar-refractivity contribution in [2.24, 2.45) is 0 Å². The third-order valence-corrected chi connectivity index (χ3v) is 5.30. The number of nitrogens with zero attached hydrogens (tertiary/aromatic N) is 1. The Hall–Kier alpha value is -3.54. The van der Waals surface area contributed by atoms with Crippen molar-refractivity contribution in [3.63, 3.8) is 0 Å². The molecule has 1 amide bonds. The molecule has 0 saturated carbocycles. The maximum atomic E-state index is 13.4. The summed E-state index contributed by atoms with van der Waals surface area (Å²) in [6, 6.07) is 14.8. The van der Waals surface area contributed by atoms with Gasteiger partial charge in [-0.1, -0.05) is 36.4 Å². The fourth-order valence-electron chi connectivity index (χ4n) is 3.76. The summed E-state index contributed by atoms with van der Waals surface area (Å²) in [5.41, 5.74) is 2.81. The van der Waals surface area contributed by atoms with Crippen LogP contribution in [0.3, 0.4) is 0 Å². The third kappa shape index (κ3) is 4.33. The van der Waals surface area contributed by atoms with Crippen LogP contribution < -0.4 is 9.47 Å². The maximum Gasteiger partial charge on any atom is 0.340 e. The number of methoxy groups -OCH3 is 2. The van der Waals surface area contributed by atoms with Crippen molar-refractivity contribution in [3.8, 4) is 11.5 Å². The largest absolute Gasteiger partial charge is 0.493 e. The highest BCUT2D eigenvalue weighted by molar-refractivity contribution is 6.16. The van der Waals surface area contributed by atoms with Gasteiger partial charge in [-0.15, -0.1) is 0 Å². The lowest BCUT2D eigenvalue weighted by Gasteiger charge is -2.26. The highest BCUT2D eigenvalue weighted by Crippen LogP contribution is 2.38. The number of carbonyl (C=O) groups is 2. The molecule has 1 aliphatic heterocycles. The van der Waals surface area contributed by atoms with E-state index in [1.165, 1.54) is 7.11 Å². The first-order chi connectivity index (χ1) is 14.9. The standard InChI is InChI=1S/C25H27NO5/c1-6-31-21-13-12-18(15-22(21)29-4)14-20-23(25(28)30-5)17(3)26(24(20)27)16(2)19-10-8-7-9-11-19/h7-16H,6H2,1-5H3/b20-14-/t16-/m1/s1. The van der Waals surface area contributed by atoms with Gasteiger partial charge in [-0.25, -0.2) is 4.79 Å². The Morgan fingerprint density at radius 1 is 1.10 bits per heavy atom. The first kappa shape index (κ1) is 22.2. The summed E-state index contributed by atoms with van der Waals surface area (Å²) in [7, 11) is 2.87. The molecule has 1 heterocycles. The van der Waals surface area contributed by atoms with E-state index in [9.17, 15) is 9.59 Å². The molecule has 162 valence electrons. The average Bonchev–Trinajstić information content (AvgIpc) is 3.03. The quantitative estimate of drug-likeness (QED) is 0.486. The summed E-state index contributed by atoms with van der Waals surface area (Å²) in [5.74, 6) is 0.375. The van der Waals surface area contributed by atoms with Crippen LogP contribution in [0, 0.1) is 0 Å². The lowest BCUT2D eigenvalue weighted by Crippen LogP contribution is -2.28. The summed E-state index contributed by atoms with van der Waals surface area (Å²) in [4.78, 5) is 27.7. The van der Waals surface area contributed by atoms with Crippen LogP contribution >= 0.6 is 0 Å². The van der Waals surface area contributed by atoms with Gasteiger partial charge < -0.3 is 19.1 Å². The number of ether oxygens (including phenoxy) is 3. The molecular formula is C25H27NO5. The van der Waals surface area contributed by atoms with E-state index in [0.717, 1.165) is 5.56 Å². The van der Waals surface area contributed by atoms with Crippen molar-refractivity contribution in [3.05, 3.63) is 76.5 Å². The van der Waals surface area contributed by atoms with Gasteiger partial charge in [0.05, 0.1) is 38.0 Å². The van der Waals surface area contributed by atoms with Crippen LogP contribution in [-0.4, -0.2) is 37.6 Å². The van der Waals surface area contributed by atoms with E-state index in [2.05, 4.69) is 0 Å². The van der Waals surface area contributed by atoms with Crippen molar-refractivity contribution < 1.29 is 23.8 Å². The average molecular weight is 421 g/mol. The van der Waals surface area contributed by atoms with Gasteiger partial charge in [-0.3, -0.25) is 4.79 Å². The van der Waals surface area contributed by atoms with Gasteiger partial charge in [0.1, 0.15) is 0 Å². The Balaban J connectivity index is 2.07. The summed E-state index contributed by atoms with van der Waals surface area (Å²) in [5, 5.41) is 0. The molecule has 3 rings (SSSR count). The molecule has 0 fully saturated rings. The van der Waals surface area contributed by atoms with E-state index < -0.39 is 5.97 Å².